The van der Waals surface area contributed by atoms with Gasteiger partial charge in [0, 0.05) is 18.5 Å². The normalized spacial score (nSPS) is 17.3. The number of aromatic nitrogens is 4. The van der Waals surface area contributed by atoms with E-state index in [4.69, 9.17) is 4.74 Å². The van der Waals surface area contributed by atoms with Crippen molar-refractivity contribution >= 4 is 17.2 Å². The highest BCUT2D eigenvalue weighted by molar-refractivity contribution is 7.10. The maximum Gasteiger partial charge on any atom is 0.241 e. The van der Waals surface area contributed by atoms with Gasteiger partial charge in [-0.2, -0.15) is 0 Å². The molecule has 0 aliphatic carbocycles. The van der Waals surface area contributed by atoms with Crippen LogP contribution in [0, 0.1) is 5.92 Å². The van der Waals surface area contributed by atoms with Crippen molar-refractivity contribution in [2.45, 2.75) is 39.0 Å². The lowest BCUT2D eigenvalue weighted by molar-refractivity contribution is -0.122. The number of piperidine rings is 1. The number of carbonyl (C=O) groups is 1. The molecule has 3 rings (SSSR count). The van der Waals surface area contributed by atoms with Gasteiger partial charge in [0.05, 0.1) is 6.54 Å². The zero-order chi connectivity index (χ0) is 18.4. The maximum atomic E-state index is 12.3. The maximum absolute atomic E-state index is 12.3. The van der Waals surface area contributed by atoms with Gasteiger partial charge in [-0.15, -0.1) is 16.4 Å². The minimum absolute atomic E-state index is 0.119. The van der Waals surface area contributed by atoms with Crippen molar-refractivity contribution < 1.29 is 9.53 Å². The van der Waals surface area contributed by atoms with E-state index in [0.717, 1.165) is 29.7 Å². The van der Waals surface area contributed by atoms with Gasteiger partial charge in [0.25, 0.3) is 0 Å². The molecule has 1 saturated heterocycles. The van der Waals surface area contributed by atoms with E-state index in [0.29, 0.717) is 13.1 Å². The third-order valence-corrected chi connectivity index (χ3v) is 5.73. The molecular weight excluding hydrogens is 352 g/mol. The first kappa shape index (κ1) is 18.9. The van der Waals surface area contributed by atoms with E-state index < -0.39 is 0 Å². The van der Waals surface area contributed by atoms with E-state index in [1.165, 1.54) is 12.8 Å². The van der Waals surface area contributed by atoms with Crippen LogP contribution in [0.2, 0.25) is 0 Å². The standard InChI is InChI=1S/C17H26N6O2S/c1-13-5-7-22(8-6-13)11-16-19-20-21-23(16)12-17(24)18-10-14(25-2)15-4-3-9-26-15/h3-4,9,13-14H,5-8,10-12H2,1-2H3,(H,18,24)/t14-/m1/s1. The molecule has 8 nitrogen and oxygen atoms in total. The fraction of sp³-hybridized carbons (Fsp3) is 0.647. The topological polar surface area (TPSA) is 85.2 Å². The fourth-order valence-electron chi connectivity index (χ4n) is 3.05. The Morgan fingerprint density at radius 2 is 2.27 bits per heavy atom. The molecule has 0 saturated carbocycles. The minimum Gasteiger partial charge on any atom is -0.374 e. The number of hydrogen-bond acceptors (Lipinski definition) is 7. The molecule has 3 heterocycles. The second-order valence-electron chi connectivity index (χ2n) is 6.76. The van der Waals surface area contributed by atoms with Crippen LogP contribution in [0.25, 0.3) is 0 Å². The van der Waals surface area contributed by atoms with Crippen molar-refractivity contribution in [2.24, 2.45) is 5.92 Å². The van der Waals surface area contributed by atoms with Crippen LogP contribution in [0.15, 0.2) is 17.5 Å². The molecule has 1 atom stereocenters. The molecule has 0 spiro atoms. The number of thiophene rings is 1. The Morgan fingerprint density at radius 1 is 1.46 bits per heavy atom. The van der Waals surface area contributed by atoms with Crippen molar-refractivity contribution in [3.8, 4) is 0 Å². The van der Waals surface area contributed by atoms with Gasteiger partial charge in [0.2, 0.25) is 5.91 Å². The van der Waals surface area contributed by atoms with Crippen molar-refractivity contribution in [1.82, 2.24) is 30.4 Å². The van der Waals surface area contributed by atoms with Gasteiger partial charge in [-0.05, 0) is 53.7 Å². The molecule has 0 bridgehead atoms. The average molecular weight is 379 g/mol. The summed E-state index contributed by atoms with van der Waals surface area (Å²) in [5, 5.41) is 16.7. The number of nitrogens with one attached hydrogen (secondary N) is 1. The van der Waals surface area contributed by atoms with E-state index in [-0.39, 0.29) is 18.6 Å². The number of likely N-dealkylation sites (tertiary alicyclic amines) is 1. The van der Waals surface area contributed by atoms with Gasteiger partial charge >= 0.3 is 0 Å². The van der Waals surface area contributed by atoms with Gasteiger partial charge in [0.15, 0.2) is 5.82 Å². The number of nitrogens with zero attached hydrogens (tertiary/aromatic N) is 5. The predicted octanol–water partition coefficient (Wildman–Crippen LogP) is 1.47. The summed E-state index contributed by atoms with van der Waals surface area (Å²) in [6.45, 7) is 5.62. The molecule has 1 aliphatic rings. The Kier molecular flexibility index (Phi) is 6.70. The zero-order valence-corrected chi connectivity index (χ0v) is 16.1. The second-order valence-corrected chi connectivity index (χ2v) is 7.73. The van der Waals surface area contributed by atoms with Gasteiger partial charge in [-0.3, -0.25) is 9.69 Å². The molecule has 0 unspecified atom stereocenters. The summed E-state index contributed by atoms with van der Waals surface area (Å²) in [6, 6.07) is 3.98. The van der Waals surface area contributed by atoms with Crippen LogP contribution in [0.1, 0.15) is 36.6 Å². The molecule has 9 heteroatoms. The summed E-state index contributed by atoms with van der Waals surface area (Å²) in [5.41, 5.74) is 0. The predicted molar refractivity (Wildman–Crippen MR) is 98.6 cm³/mol. The van der Waals surface area contributed by atoms with Crippen molar-refractivity contribution in [2.75, 3.05) is 26.7 Å². The summed E-state index contributed by atoms with van der Waals surface area (Å²) in [4.78, 5) is 15.7. The molecule has 0 aromatic carbocycles. The number of rotatable bonds is 8. The van der Waals surface area contributed by atoms with Crippen LogP contribution >= 0.6 is 11.3 Å². The molecule has 0 radical (unpaired) electrons. The molecular formula is C17H26N6O2S. The highest BCUT2D eigenvalue weighted by Crippen LogP contribution is 2.21. The minimum atomic E-state index is -0.136. The molecule has 2 aromatic heterocycles. The van der Waals surface area contributed by atoms with Crippen molar-refractivity contribution in [3.05, 3.63) is 28.2 Å². The third-order valence-electron chi connectivity index (χ3n) is 4.77. The van der Waals surface area contributed by atoms with Gasteiger partial charge < -0.3 is 10.1 Å². The smallest absolute Gasteiger partial charge is 0.241 e. The van der Waals surface area contributed by atoms with Crippen molar-refractivity contribution in [1.29, 1.82) is 0 Å². The van der Waals surface area contributed by atoms with Crippen LogP contribution in [0.3, 0.4) is 0 Å². The summed E-state index contributed by atoms with van der Waals surface area (Å²) < 4.78 is 7.04. The zero-order valence-electron chi connectivity index (χ0n) is 15.3. The summed E-state index contributed by atoms with van der Waals surface area (Å²) >= 11 is 1.62. The molecule has 142 valence electrons. The van der Waals surface area contributed by atoms with E-state index in [1.807, 2.05) is 17.5 Å². The van der Waals surface area contributed by atoms with Crippen molar-refractivity contribution in [3.63, 3.8) is 0 Å². The Balaban J connectivity index is 1.49. The molecule has 1 amide bonds. The lowest BCUT2D eigenvalue weighted by Crippen LogP contribution is -2.35. The summed E-state index contributed by atoms with van der Waals surface area (Å²) in [7, 11) is 1.65. The number of ether oxygens (including phenoxy) is 1. The average Bonchev–Trinajstić information content (AvgIpc) is 3.30. The number of carbonyl (C=O) groups excluding carboxylic acids is 1. The van der Waals surface area contributed by atoms with E-state index in [9.17, 15) is 4.79 Å². The first-order valence-corrected chi connectivity index (χ1v) is 9.84. The highest BCUT2D eigenvalue weighted by Gasteiger charge is 2.19. The van der Waals surface area contributed by atoms with Crippen LogP contribution in [-0.4, -0.2) is 57.8 Å². The van der Waals surface area contributed by atoms with Crippen LogP contribution in [0.4, 0.5) is 0 Å². The van der Waals surface area contributed by atoms with Gasteiger partial charge in [-0.1, -0.05) is 13.0 Å². The molecule has 1 aliphatic heterocycles. The molecule has 26 heavy (non-hydrogen) atoms. The molecule has 1 fully saturated rings. The van der Waals surface area contributed by atoms with Crippen LogP contribution in [0.5, 0.6) is 0 Å². The Morgan fingerprint density at radius 3 is 2.96 bits per heavy atom. The Labute approximate surface area is 157 Å². The second kappa shape index (κ2) is 9.20. The van der Waals surface area contributed by atoms with E-state index in [1.54, 1.807) is 23.1 Å². The number of hydrogen-bond donors (Lipinski definition) is 1. The first-order valence-electron chi connectivity index (χ1n) is 8.96. The number of amides is 1. The van der Waals surface area contributed by atoms with E-state index in [2.05, 4.69) is 32.7 Å². The lowest BCUT2D eigenvalue weighted by atomic mass is 9.99. The largest absolute Gasteiger partial charge is 0.374 e. The van der Waals surface area contributed by atoms with E-state index >= 15 is 0 Å². The fourth-order valence-corrected chi connectivity index (χ4v) is 3.86. The Bertz CT molecular complexity index is 681. The molecule has 1 N–H and O–H groups in total. The van der Waals surface area contributed by atoms with Crippen LogP contribution < -0.4 is 5.32 Å². The quantitative estimate of drug-likeness (QED) is 0.749. The SMILES string of the molecule is CO[C@H](CNC(=O)Cn1nnnc1CN1CCC(C)CC1)c1cccs1. The highest BCUT2D eigenvalue weighted by atomic mass is 32.1. The first-order chi connectivity index (χ1) is 12.7. The van der Waals surface area contributed by atoms with Gasteiger partial charge in [-0.25, -0.2) is 4.68 Å². The summed E-state index contributed by atoms with van der Waals surface area (Å²) in [6.07, 6.45) is 2.26. The number of methoxy groups -OCH3 is 1. The van der Waals surface area contributed by atoms with Crippen LogP contribution in [-0.2, 0) is 22.6 Å². The third kappa shape index (κ3) is 5.09. The number of tetrazole rings is 1. The molecule has 2 aromatic rings. The lowest BCUT2D eigenvalue weighted by Gasteiger charge is -2.29. The monoisotopic (exact) mass is 378 g/mol. The Hall–Kier alpha value is -1.84. The summed E-state index contributed by atoms with van der Waals surface area (Å²) in [5.74, 6) is 1.39. The van der Waals surface area contributed by atoms with Gasteiger partial charge in [0.1, 0.15) is 12.6 Å².